The van der Waals surface area contributed by atoms with Crippen LogP contribution in [0.4, 0.5) is 8.78 Å². The van der Waals surface area contributed by atoms with Gasteiger partial charge in [0.15, 0.2) is 11.4 Å². The van der Waals surface area contributed by atoms with Crippen molar-refractivity contribution < 1.29 is 23.1 Å². The molecule has 46 heavy (non-hydrogen) atoms. The zero-order valence-corrected chi connectivity index (χ0v) is 26.8. The monoisotopic (exact) mass is 631 g/mol. The van der Waals surface area contributed by atoms with Crippen molar-refractivity contribution in [1.29, 1.82) is 5.26 Å². The minimum Gasteiger partial charge on any atom is -0.490 e. The summed E-state index contributed by atoms with van der Waals surface area (Å²) in [5, 5.41) is 14.4. The van der Waals surface area contributed by atoms with Crippen LogP contribution in [0.15, 0.2) is 66.9 Å². The van der Waals surface area contributed by atoms with E-state index in [1.807, 2.05) is 68.6 Å². The molecule has 2 amide bonds. The number of nitrogens with one attached hydrogen (secondary N) is 2. The lowest BCUT2D eigenvalue weighted by atomic mass is 9.73. The number of carbonyl (C=O) groups excluding carboxylic acids is 2. The molecular formula is C36H43F2N5O3. The molecule has 10 heteroatoms. The lowest BCUT2D eigenvalue weighted by molar-refractivity contribution is -0.127. The molecule has 1 aliphatic rings. The van der Waals surface area contributed by atoms with Gasteiger partial charge in [0.2, 0.25) is 5.91 Å². The number of hydrogen-bond acceptors (Lipinski definition) is 6. The molecule has 0 saturated carbocycles. The van der Waals surface area contributed by atoms with Crippen molar-refractivity contribution in [3.63, 3.8) is 0 Å². The minimum atomic E-state index is -3.02. The molecule has 2 aromatic carbocycles. The molecule has 8 nitrogen and oxygen atoms in total. The van der Waals surface area contributed by atoms with Gasteiger partial charge in [-0.2, -0.15) is 5.26 Å². The van der Waals surface area contributed by atoms with Gasteiger partial charge in [0.1, 0.15) is 12.0 Å². The van der Waals surface area contributed by atoms with Crippen molar-refractivity contribution in [2.75, 3.05) is 33.3 Å². The molecule has 0 radical (unpaired) electrons. The number of nitrogens with zero attached hydrogens (tertiary/aromatic N) is 3. The van der Waals surface area contributed by atoms with Gasteiger partial charge >= 0.3 is 0 Å². The fourth-order valence-corrected chi connectivity index (χ4v) is 6.12. The number of halogens is 2. The lowest BCUT2D eigenvalue weighted by Crippen LogP contribution is -2.47. The third kappa shape index (κ3) is 8.26. The summed E-state index contributed by atoms with van der Waals surface area (Å²) in [6.45, 7) is 3.81. The summed E-state index contributed by atoms with van der Waals surface area (Å²) in [4.78, 5) is 33.2. The van der Waals surface area contributed by atoms with E-state index in [2.05, 4.69) is 20.5 Å². The number of hydrogen-bond donors (Lipinski definition) is 2. The Morgan fingerprint density at radius 1 is 1.04 bits per heavy atom. The molecule has 244 valence electrons. The van der Waals surface area contributed by atoms with Gasteiger partial charge < -0.3 is 20.3 Å². The number of alkyl halides is 2. The first kappa shape index (κ1) is 34.5. The van der Waals surface area contributed by atoms with Crippen molar-refractivity contribution in [1.82, 2.24) is 20.5 Å². The second-order valence-corrected chi connectivity index (χ2v) is 12.0. The van der Waals surface area contributed by atoms with E-state index >= 15 is 0 Å². The summed E-state index contributed by atoms with van der Waals surface area (Å²) < 4.78 is 33.2. The van der Waals surface area contributed by atoms with Gasteiger partial charge in [0.25, 0.3) is 11.8 Å². The molecule has 1 heterocycles. The summed E-state index contributed by atoms with van der Waals surface area (Å²) in [5.41, 5.74) is 2.80. The summed E-state index contributed by atoms with van der Waals surface area (Å²) in [6.07, 6.45) is 5.24. The molecule has 0 spiro atoms. The number of aromatic nitrogens is 1. The molecule has 1 aromatic heterocycles. The van der Waals surface area contributed by atoms with Crippen LogP contribution < -0.4 is 15.4 Å². The number of rotatable bonds is 17. The number of ether oxygens (including phenoxy) is 1. The Morgan fingerprint density at radius 3 is 2.35 bits per heavy atom. The molecule has 1 unspecified atom stereocenters. The number of benzene rings is 2. The third-order valence-corrected chi connectivity index (χ3v) is 8.50. The Kier molecular flexibility index (Phi) is 11.8. The molecule has 3 aromatic rings. The van der Waals surface area contributed by atoms with Crippen LogP contribution in [0.25, 0.3) is 11.1 Å². The van der Waals surface area contributed by atoms with E-state index in [1.54, 1.807) is 12.1 Å². The molecule has 0 aliphatic heterocycles. The summed E-state index contributed by atoms with van der Waals surface area (Å²) >= 11 is 0. The first-order valence-corrected chi connectivity index (χ1v) is 15.9. The predicted octanol–water partition coefficient (Wildman–Crippen LogP) is 6.11. The highest BCUT2D eigenvalue weighted by Crippen LogP contribution is 2.51. The van der Waals surface area contributed by atoms with Gasteiger partial charge in [-0.05, 0) is 80.2 Å². The van der Waals surface area contributed by atoms with E-state index in [1.165, 1.54) is 6.20 Å². The van der Waals surface area contributed by atoms with Crippen LogP contribution in [-0.4, -0.2) is 67.0 Å². The highest BCUT2D eigenvalue weighted by molar-refractivity contribution is 6.00. The Morgan fingerprint density at radius 2 is 1.72 bits per heavy atom. The van der Waals surface area contributed by atoms with Crippen LogP contribution in [-0.2, 0) is 10.2 Å². The second-order valence-electron chi connectivity index (χ2n) is 12.0. The quantitative estimate of drug-likeness (QED) is 0.174. The standard InChI is InChI=1S/C36H43F2N5O3/c1-4-26(42-33(44)32-31(17-11-21-40-32)46-24-12-20-39)18-23-43(3)22-10-9-19-36(34(45)41-25-35(2,37)38)29-15-7-5-13-27(29)28-14-6-8-16-30(28)36/h5-8,11,13-17,21,26H,4,9-10,12,18-19,22-25H2,1-3H3,(H,41,45)(H,42,44). The van der Waals surface area contributed by atoms with Crippen molar-refractivity contribution in [3.8, 4) is 22.9 Å². The van der Waals surface area contributed by atoms with E-state index < -0.39 is 23.8 Å². The zero-order valence-electron chi connectivity index (χ0n) is 26.8. The maximum absolute atomic E-state index is 13.8. The van der Waals surface area contributed by atoms with Crippen LogP contribution in [0, 0.1) is 11.3 Å². The Labute approximate surface area is 270 Å². The Hall–Kier alpha value is -4.36. The zero-order chi connectivity index (χ0) is 33.2. The summed E-state index contributed by atoms with van der Waals surface area (Å²) in [5.74, 6) is -3.38. The average Bonchev–Trinajstić information content (AvgIpc) is 3.34. The topological polar surface area (TPSA) is 107 Å². The largest absolute Gasteiger partial charge is 0.490 e. The van der Waals surface area contributed by atoms with Gasteiger partial charge in [-0.25, -0.2) is 13.8 Å². The lowest BCUT2D eigenvalue weighted by Gasteiger charge is -2.32. The fraction of sp³-hybridized carbons (Fsp3) is 0.444. The van der Waals surface area contributed by atoms with E-state index in [0.717, 1.165) is 61.5 Å². The number of unbranched alkanes of at least 4 members (excludes halogenated alkanes) is 1. The molecule has 0 saturated heterocycles. The molecule has 0 fully saturated rings. The summed E-state index contributed by atoms with van der Waals surface area (Å²) in [6, 6.07) is 20.8. The van der Waals surface area contributed by atoms with E-state index in [0.29, 0.717) is 18.6 Å². The van der Waals surface area contributed by atoms with Crippen LogP contribution >= 0.6 is 0 Å². The molecular weight excluding hydrogens is 588 g/mol. The first-order chi connectivity index (χ1) is 22.1. The van der Waals surface area contributed by atoms with Crippen LogP contribution in [0.1, 0.15) is 74.0 Å². The molecule has 1 aliphatic carbocycles. The number of nitriles is 1. The van der Waals surface area contributed by atoms with Crippen LogP contribution in [0.5, 0.6) is 5.75 Å². The second kappa shape index (κ2) is 15.8. The number of carbonyl (C=O) groups is 2. The maximum atomic E-state index is 13.8. The van der Waals surface area contributed by atoms with Crippen molar-refractivity contribution in [2.45, 2.75) is 69.8 Å². The highest BCUT2D eigenvalue weighted by atomic mass is 19.3. The van der Waals surface area contributed by atoms with Crippen molar-refractivity contribution >= 4 is 11.8 Å². The van der Waals surface area contributed by atoms with Crippen molar-refractivity contribution in [3.05, 3.63) is 83.7 Å². The summed E-state index contributed by atoms with van der Waals surface area (Å²) in [7, 11) is 2.03. The molecule has 1 atom stereocenters. The van der Waals surface area contributed by atoms with E-state index in [9.17, 15) is 18.4 Å². The maximum Gasteiger partial charge on any atom is 0.273 e. The normalized spacial score (nSPS) is 13.8. The van der Waals surface area contributed by atoms with Gasteiger partial charge in [-0.1, -0.05) is 61.9 Å². The van der Waals surface area contributed by atoms with Gasteiger partial charge in [-0.3, -0.25) is 9.59 Å². The van der Waals surface area contributed by atoms with E-state index in [-0.39, 0.29) is 30.7 Å². The van der Waals surface area contributed by atoms with Gasteiger partial charge in [0, 0.05) is 19.2 Å². The number of fused-ring (bicyclic) bond motifs is 3. The SMILES string of the molecule is CCC(CCN(C)CCCCC1(C(=O)NCC(C)(F)F)c2ccccc2-c2ccccc21)NC(=O)c1ncccc1OCCC#N. The molecule has 2 N–H and O–H groups in total. The van der Waals surface area contributed by atoms with Crippen LogP contribution in [0.2, 0.25) is 0 Å². The highest BCUT2D eigenvalue weighted by Gasteiger charge is 2.48. The first-order valence-electron chi connectivity index (χ1n) is 15.9. The number of pyridine rings is 1. The van der Waals surface area contributed by atoms with Crippen LogP contribution in [0.3, 0.4) is 0 Å². The third-order valence-electron chi connectivity index (χ3n) is 8.50. The van der Waals surface area contributed by atoms with Gasteiger partial charge in [-0.15, -0.1) is 0 Å². The van der Waals surface area contributed by atoms with E-state index in [4.69, 9.17) is 10.00 Å². The predicted molar refractivity (Wildman–Crippen MR) is 174 cm³/mol. The fourth-order valence-electron chi connectivity index (χ4n) is 6.12. The van der Waals surface area contributed by atoms with Gasteiger partial charge in [0.05, 0.1) is 19.0 Å². The van der Waals surface area contributed by atoms with Crippen molar-refractivity contribution in [2.24, 2.45) is 0 Å². The molecule has 4 rings (SSSR count). The minimum absolute atomic E-state index is 0.0703. The molecule has 0 bridgehead atoms. The Bertz CT molecular complexity index is 1490. The number of amides is 2. The average molecular weight is 632 g/mol. The Balaban J connectivity index is 1.35. The smallest absolute Gasteiger partial charge is 0.273 e.